The van der Waals surface area contributed by atoms with E-state index in [1.54, 1.807) is 11.5 Å². The Labute approximate surface area is 154 Å². The van der Waals surface area contributed by atoms with Crippen molar-refractivity contribution in [2.24, 2.45) is 0 Å². The highest BCUT2D eigenvalue weighted by molar-refractivity contribution is 5.92. The van der Waals surface area contributed by atoms with Crippen LogP contribution in [0.15, 0.2) is 48.7 Å². The predicted molar refractivity (Wildman–Crippen MR) is 99.7 cm³/mol. The molecule has 1 fully saturated rings. The number of amides is 1. The van der Waals surface area contributed by atoms with Crippen molar-refractivity contribution in [3.8, 4) is 0 Å². The summed E-state index contributed by atoms with van der Waals surface area (Å²) in [6, 6.07) is 15.0. The lowest BCUT2D eigenvalue weighted by molar-refractivity contribution is 0.0281. The SMILES string of the molecule is CC1CN(Cc2ccccc2)CC(C)N1Cc1ccc(C(=O)NO)cn1. The molecule has 1 aromatic heterocycles. The quantitative estimate of drug-likeness (QED) is 0.637. The molecule has 0 spiro atoms. The first kappa shape index (κ1) is 18.5. The number of hydroxylamine groups is 1. The maximum absolute atomic E-state index is 11.4. The van der Waals surface area contributed by atoms with Gasteiger partial charge in [-0.2, -0.15) is 0 Å². The summed E-state index contributed by atoms with van der Waals surface area (Å²) in [6.07, 6.45) is 1.50. The normalized spacial score (nSPS) is 21.5. The lowest BCUT2D eigenvalue weighted by Crippen LogP contribution is -2.55. The fraction of sp³-hybridized carbons (Fsp3) is 0.400. The zero-order chi connectivity index (χ0) is 18.5. The van der Waals surface area contributed by atoms with Gasteiger partial charge in [-0.15, -0.1) is 0 Å². The van der Waals surface area contributed by atoms with Crippen LogP contribution in [0.2, 0.25) is 0 Å². The fourth-order valence-corrected chi connectivity index (χ4v) is 3.65. The number of pyridine rings is 1. The summed E-state index contributed by atoms with van der Waals surface area (Å²) in [5.74, 6) is -0.541. The van der Waals surface area contributed by atoms with E-state index in [2.05, 4.69) is 59.0 Å². The van der Waals surface area contributed by atoms with Gasteiger partial charge in [-0.05, 0) is 31.5 Å². The minimum Gasteiger partial charge on any atom is -0.296 e. The summed E-state index contributed by atoms with van der Waals surface area (Å²) in [5, 5.41) is 8.68. The van der Waals surface area contributed by atoms with Gasteiger partial charge in [0.1, 0.15) is 0 Å². The third kappa shape index (κ3) is 4.46. The minimum absolute atomic E-state index is 0.352. The number of piperazine rings is 1. The van der Waals surface area contributed by atoms with Crippen LogP contribution in [-0.2, 0) is 13.1 Å². The first-order chi connectivity index (χ1) is 12.6. The Morgan fingerprint density at radius 1 is 1.12 bits per heavy atom. The van der Waals surface area contributed by atoms with Crippen molar-refractivity contribution in [3.05, 3.63) is 65.5 Å². The highest BCUT2D eigenvalue weighted by Crippen LogP contribution is 2.20. The molecule has 6 heteroatoms. The largest absolute Gasteiger partial charge is 0.296 e. The van der Waals surface area contributed by atoms with Crippen LogP contribution >= 0.6 is 0 Å². The maximum Gasteiger partial charge on any atom is 0.276 e. The van der Waals surface area contributed by atoms with Crippen LogP contribution < -0.4 is 5.48 Å². The zero-order valence-electron chi connectivity index (χ0n) is 15.3. The summed E-state index contributed by atoms with van der Waals surface area (Å²) >= 11 is 0. The maximum atomic E-state index is 11.4. The van der Waals surface area contributed by atoms with Crippen LogP contribution in [0.5, 0.6) is 0 Å². The van der Waals surface area contributed by atoms with Crippen LogP contribution in [-0.4, -0.2) is 51.1 Å². The minimum atomic E-state index is -0.541. The number of carbonyl (C=O) groups excluding carboxylic acids is 1. The topological polar surface area (TPSA) is 68.7 Å². The van der Waals surface area contributed by atoms with Crippen LogP contribution in [0.25, 0.3) is 0 Å². The molecule has 0 radical (unpaired) electrons. The number of hydrogen-bond acceptors (Lipinski definition) is 5. The predicted octanol–water partition coefficient (Wildman–Crippen LogP) is 2.30. The Hall–Kier alpha value is -2.28. The molecule has 0 aliphatic carbocycles. The number of benzene rings is 1. The van der Waals surface area contributed by atoms with Crippen LogP contribution in [0.3, 0.4) is 0 Å². The summed E-state index contributed by atoms with van der Waals surface area (Å²) in [7, 11) is 0. The Balaban J connectivity index is 1.60. The number of nitrogens with one attached hydrogen (secondary N) is 1. The van der Waals surface area contributed by atoms with E-state index >= 15 is 0 Å². The van der Waals surface area contributed by atoms with E-state index in [4.69, 9.17) is 5.21 Å². The Morgan fingerprint density at radius 2 is 1.81 bits per heavy atom. The van der Waals surface area contributed by atoms with E-state index in [9.17, 15) is 4.79 Å². The molecule has 1 saturated heterocycles. The third-order valence-electron chi connectivity index (χ3n) is 4.96. The Kier molecular flexibility index (Phi) is 5.98. The average Bonchev–Trinajstić information content (AvgIpc) is 2.65. The van der Waals surface area contributed by atoms with Crippen LogP contribution in [0.1, 0.15) is 35.5 Å². The molecule has 1 aliphatic heterocycles. The summed E-state index contributed by atoms with van der Waals surface area (Å²) in [4.78, 5) is 20.7. The molecule has 2 N–H and O–H groups in total. The van der Waals surface area contributed by atoms with Crippen LogP contribution in [0, 0.1) is 0 Å². The molecule has 0 bridgehead atoms. The Bertz CT molecular complexity index is 708. The lowest BCUT2D eigenvalue weighted by Gasteiger charge is -2.44. The molecule has 6 nitrogen and oxygen atoms in total. The van der Waals surface area contributed by atoms with Gasteiger partial charge in [0.2, 0.25) is 0 Å². The molecule has 26 heavy (non-hydrogen) atoms. The fourth-order valence-electron chi connectivity index (χ4n) is 3.65. The number of hydrogen-bond donors (Lipinski definition) is 2. The molecular weight excluding hydrogens is 328 g/mol. The first-order valence-corrected chi connectivity index (χ1v) is 8.98. The molecule has 0 saturated carbocycles. The monoisotopic (exact) mass is 354 g/mol. The van der Waals surface area contributed by atoms with Crippen molar-refractivity contribution in [2.75, 3.05) is 13.1 Å². The van der Waals surface area contributed by atoms with Crippen molar-refractivity contribution in [1.29, 1.82) is 0 Å². The van der Waals surface area contributed by atoms with E-state index < -0.39 is 5.91 Å². The van der Waals surface area contributed by atoms with Gasteiger partial charge in [-0.1, -0.05) is 30.3 Å². The highest BCUT2D eigenvalue weighted by Gasteiger charge is 2.29. The van der Waals surface area contributed by atoms with Gasteiger partial charge in [0, 0.05) is 44.5 Å². The zero-order valence-corrected chi connectivity index (χ0v) is 15.3. The second kappa shape index (κ2) is 8.40. The summed E-state index contributed by atoms with van der Waals surface area (Å²) < 4.78 is 0. The van der Waals surface area contributed by atoms with E-state index in [0.717, 1.165) is 31.9 Å². The number of rotatable bonds is 5. The molecule has 1 aromatic carbocycles. The molecule has 2 unspecified atom stereocenters. The van der Waals surface area contributed by atoms with E-state index in [1.165, 1.54) is 11.8 Å². The summed E-state index contributed by atoms with van der Waals surface area (Å²) in [6.45, 7) is 8.27. The molecule has 2 atom stereocenters. The molecule has 1 aliphatic rings. The van der Waals surface area contributed by atoms with Gasteiger partial charge >= 0.3 is 0 Å². The molecule has 3 rings (SSSR count). The first-order valence-electron chi connectivity index (χ1n) is 8.98. The number of aromatic nitrogens is 1. The smallest absolute Gasteiger partial charge is 0.276 e. The molecular formula is C20H26N4O2. The molecule has 138 valence electrons. The Morgan fingerprint density at radius 3 is 2.38 bits per heavy atom. The van der Waals surface area contributed by atoms with Gasteiger partial charge in [-0.25, -0.2) is 5.48 Å². The highest BCUT2D eigenvalue weighted by atomic mass is 16.5. The summed E-state index contributed by atoms with van der Waals surface area (Å²) in [5.41, 5.74) is 4.25. The van der Waals surface area contributed by atoms with Crippen molar-refractivity contribution >= 4 is 5.91 Å². The second-order valence-electron chi connectivity index (χ2n) is 7.03. The number of nitrogens with zero attached hydrogens (tertiary/aromatic N) is 3. The van der Waals surface area contributed by atoms with Gasteiger partial charge in [0.15, 0.2) is 0 Å². The van der Waals surface area contributed by atoms with Gasteiger partial charge in [0.25, 0.3) is 5.91 Å². The van der Waals surface area contributed by atoms with Gasteiger partial charge in [0.05, 0.1) is 11.3 Å². The van der Waals surface area contributed by atoms with Crippen molar-refractivity contribution in [1.82, 2.24) is 20.3 Å². The van der Waals surface area contributed by atoms with Crippen molar-refractivity contribution < 1.29 is 10.0 Å². The van der Waals surface area contributed by atoms with E-state index in [1.807, 2.05) is 6.07 Å². The lowest BCUT2D eigenvalue weighted by atomic mass is 10.1. The van der Waals surface area contributed by atoms with Gasteiger partial charge < -0.3 is 0 Å². The van der Waals surface area contributed by atoms with Crippen LogP contribution in [0.4, 0.5) is 0 Å². The number of carbonyl (C=O) groups is 1. The average molecular weight is 354 g/mol. The third-order valence-corrected chi connectivity index (χ3v) is 4.96. The van der Waals surface area contributed by atoms with Crippen molar-refractivity contribution in [3.63, 3.8) is 0 Å². The van der Waals surface area contributed by atoms with E-state index in [0.29, 0.717) is 17.6 Å². The van der Waals surface area contributed by atoms with Crippen molar-refractivity contribution in [2.45, 2.75) is 39.0 Å². The second-order valence-corrected chi connectivity index (χ2v) is 7.03. The molecule has 2 aromatic rings. The molecule has 2 heterocycles. The van der Waals surface area contributed by atoms with Gasteiger partial charge in [-0.3, -0.25) is 24.8 Å². The standard InChI is InChI=1S/C20H26N4O2/c1-15-11-23(13-17-6-4-3-5-7-17)12-16(2)24(15)14-19-9-8-18(10-21-19)20(25)22-26/h3-10,15-16,26H,11-14H2,1-2H3,(H,22,25). The molecule has 1 amide bonds. The van der Waals surface area contributed by atoms with E-state index in [-0.39, 0.29) is 0 Å².